The van der Waals surface area contributed by atoms with Gasteiger partial charge in [0, 0.05) is 36.4 Å². The molecule has 0 saturated carbocycles. The van der Waals surface area contributed by atoms with Crippen molar-refractivity contribution in [2.24, 2.45) is 0 Å². The van der Waals surface area contributed by atoms with Crippen molar-refractivity contribution in [1.29, 1.82) is 0 Å². The van der Waals surface area contributed by atoms with Gasteiger partial charge in [-0.1, -0.05) is 18.2 Å². The molecule has 1 aliphatic rings. The lowest BCUT2D eigenvalue weighted by Gasteiger charge is -2.30. The quantitative estimate of drug-likeness (QED) is 0.668. The third-order valence-corrected chi connectivity index (χ3v) is 5.43. The number of ketones is 1. The van der Waals surface area contributed by atoms with Crippen LogP contribution >= 0.6 is 0 Å². The second kappa shape index (κ2) is 8.75. The van der Waals surface area contributed by atoms with E-state index in [2.05, 4.69) is 4.72 Å². The van der Waals surface area contributed by atoms with E-state index in [1.54, 1.807) is 29.2 Å². The maximum Gasteiger partial charge on any atom is 0.229 e. The number of amides is 1. The van der Waals surface area contributed by atoms with Crippen LogP contribution in [0.4, 0.5) is 11.4 Å². The SMILES string of the molecule is CN(CCN1C(=O)CCc2ccccc21)CC(=O)c1ccc(NS(C)(=O)=O)cc1. The molecule has 0 saturated heterocycles. The predicted octanol–water partition coefficient (Wildman–Crippen LogP) is 2.15. The van der Waals surface area contributed by atoms with Gasteiger partial charge in [0.1, 0.15) is 0 Å². The first-order valence-electron chi connectivity index (χ1n) is 9.41. The minimum absolute atomic E-state index is 0.0659. The Morgan fingerprint density at radius 3 is 2.48 bits per heavy atom. The van der Waals surface area contributed by atoms with Crippen molar-refractivity contribution >= 4 is 33.1 Å². The topological polar surface area (TPSA) is 86.8 Å². The van der Waals surface area contributed by atoms with E-state index < -0.39 is 10.0 Å². The third-order valence-electron chi connectivity index (χ3n) is 4.82. The highest BCUT2D eigenvalue weighted by atomic mass is 32.2. The van der Waals surface area contributed by atoms with Gasteiger partial charge in [0.05, 0.1) is 12.8 Å². The van der Waals surface area contributed by atoms with Gasteiger partial charge in [-0.3, -0.25) is 19.2 Å². The van der Waals surface area contributed by atoms with Gasteiger partial charge < -0.3 is 4.90 Å². The number of Topliss-reactive ketones (excluding diaryl/α,β-unsaturated/α-hetero) is 1. The molecule has 0 spiro atoms. The standard InChI is InChI=1S/C21H25N3O4S/c1-23(13-14-24-19-6-4-3-5-16(19)9-12-21(24)26)15-20(25)17-7-10-18(11-8-17)22-29(2,27)28/h3-8,10-11,22H,9,12-15H2,1-2H3. The van der Waals surface area contributed by atoms with E-state index in [1.807, 2.05) is 36.2 Å². The number of aryl methyl sites for hydroxylation is 1. The average molecular weight is 416 g/mol. The summed E-state index contributed by atoms with van der Waals surface area (Å²) < 4.78 is 24.9. The number of fused-ring (bicyclic) bond motifs is 1. The van der Waals surface area contributed by atoms with Crippen LogP contribution in [0.1, 0.15) is 22.3 Å². The summed E-state index contributed by atoms with van der Waals surface area (Å²) >= 11 is 0. The normalized spacial score (nSPS) is 14.0. The van der Waals surface area contributed by atoms with E-state index >= 15 is 0 Å². The molecule has 0 aliphatic carbocycles. The molecule has 0 unspecified atom stereocenters. The number of likely N-dealkylation sites (N-methyl/N-ethyl adjacent to an activating group) is 1. The minimum atomic E-state index is -3.35. The first-order valence-corrected chi connectivity index (χ1v) is 11.3. The number of rotatable bonds is 8. The van der Waals surface area contributed by atoms with Gasteiger partial charge in [-0.15, -0.1) is 0 Å². The van der Waals surface area contributed by atoms with E-state index in [1.165, 1.54) is 5.56 Å². The van der Waals surface area contributed by atoms with Crippen LogP contribution in [0.2, 0.25) is 0 Å². The van der Waals surface area contributed by atoms with Crippen LogP contribution in [0.15, 0.2) is 48.5 Å². The number of sulfonamides is 1. The molecule has 0 radical (unpaired) electrons. The summed E-state index contributed by atoms with van der Waals surface area (Å²) in [6, 6.07) is 14.3. The number of benzene rings is 2. The van der Waals surface area contributed by atoms with Crippen molar-refractivity contribution in [1.82, 2.24) is 4.90 Å². The summed E-state index contributed by atoms with van der Waals surface area (Å²) in [5, 5.41) is 0. The lowest BCUT2D eigenvalue weighted by atomic mass is 10.0. The lowest BCUT2D eigenvalue weighted by molar-refractivity contribution is -0.118. The Kier molecular flexibility index (Phi) is 6.34. The molecule has 0 fully saturated rings. The van der Waals surface area contributed by atoms with Crippen molar-refractivity contribution < 1.29 is 18.0 Å². The van der Waals surface area contributed by atoms with Gasteiger partial charge in [-0.05, 0) is 49.4 Å². The molecule has 1 heterocycles. The van der Waals surface area contributed by atoms with Gasteiger partial charge in [0.15, 0.2) is 5.78 Å². The van der Waals surface area contributed by atoms with E-state index in [9.17, 15) is 18.0 Å². The zero-order valence-corrected chi connectivity index (χ0v) is 17.4. The molecule has 2 aromatic rings. The van der Waals surface area contributed by atoms with Gasteiger partial charge in [-0.25, -0.2) is 8.42 Å². The second-order valence-electron chi connectivity index (χ2n) is 7.29. The summed E-state index contributed by atoms with van der Waals surface area (Å²) in [6.45, 7) is 1.30. The maximum atomic E-state index is 12.5. The van der Waals surface area contributed by atoms with E-state index in [0.29, 0.717) is 30.8 Å². The first-order chi connectivity index (χ1) is 13.7. The van der Waals surface area contributed by atoms with Gasteiger partial charge in [-0.2, -0.15) is 0 Å². The van der Waals surface area contributed by atoms with Gasteiger partial charge >= 0.3 is 0 Å². The lowest BCUT2D eigenvalue weighted by Crippen LogP contribution is -2.41. The smallest absolute Gasteiger partial charge is 0.229 e. The van der Waals surface area contributed by atoms with Crippen molar-refractivity contribution in [2.75, 3.05) is 42.6 Å². The fraction of sp³-hybridized carbons (Fsp3) is 0.333. The summed E-state index contributed by atoms with van der Waals surface area (Å²) in [5.41, 5.74) is 3.06. The number of nitrogens with zero attached hydrogens (tertiary/aromatic N) is 2. The Morgan fingerprint density at radius 2 is 1.79 bits per heavy atom. The molecular formula is C21H25N3O4S. The van der Waals surface area contributed by atoms with Crippen LogP contribution in [0.25, 0.3) is 0 Å². The highest BCUT2D eigenvalue weighted by Gasteiger charge is 2.23. The van der Waals surface area contributed by atoms with Crippen LogP contribution in [0.5, 0.6) is 0 Å². The molecule has 0 atom stereocenters. The molecule has 29 heavy (non-hydrogen) atoms. The fourth-order valence-corrected chi connectivity index (χ4v) is 3.93. The van der Waals surface area contributed by atoms with Gasteiger partial charge in [0.2, 0.25) is 15.9 Å². The largest absolute Gasteiger partial charge is 0.311 e. The molecule has 0 aromatic heterocycles. The number of anilines is 2. The molecule has 3 rings (SSSR count). The molecular weight excluding hydrogens is 390 g/mol. The van der Waals surface area contributed by atoms with Crippen LogP contribution in [-0.2, 0) is 21.2 Å². The Morgan fingerprint density at radius 1 is 1.10 bits per heavy atom. The summed E-state index contributed by atoms with van der Waals surface area (Å²) in [6.07, 6.45) is 2.35. The number of para-hydroxylation sites is 1. The molecule has 8 heteroatoms. The maximum absolute atomic E-state index is 12.5. The zero-order chi connectivity index (χ0) is 21.0. The van der Waals surface area contributed by atoms with Crippen LogP contribution in [-0.4, -0.2) is 57.9 Å². The summed E-state index contributed by atoms with van der Waals surface area (Å²) in [7, 11) is -1.50. The predicted molar refractivity (Wildman–Crippen MR) is 114 cm³/mol. The summed E-state index contributed by atoms with van der Waals surface area (Å²) in [4.78, 5) is 28.5. The molecule has 154 valence electrons. The number of nitrogens with one attached hydrogen (secondary N) is 1. The second-order valence-corrected chi connectivity index (χ2v) is 9.04. The number of carbonyl (C=O) groups is 2. The molecule has 1 N–H and O–H groups in total. The third kappa shape index (κ3) is 5.65. The average Bonchev–Trinajstić information content (AvgIpc) is 2.66. The molecule has 2 aromatic carbocycles. The van der Waals surface area contributed by atoms with Crippen molar-refractivity contribution in [3.05, 3.63) is 59.7 Å². The highest BCUT2D eigenvalue weighted by molar-refractivity contribution is 7.92. The Balaban J connectivity index is 1.56. The molecule has 1 amide bonds. The Labute approximate surface area is 171 Å². The van der Waals surface area contributed by atoms with Crippen molar-refractivity contribution in [3.8, 4) is 0 Å². The number of hydrogen-bond donors (Lipinski definition) is 1. The monoisotopic (exact) mass is 415 g/mol. The molecule has 0 bridgehead atoms. The first kappa shape index (κ1) is 21.0. The summed E-state index contributed by atoms with van der Waals surface area (Å²) in [5.74, 6) is 0.0427. The van der Waals surface area contributed by atoms with Gasteiger partial charge in [0.25, 0.3) is 0 Å². The fourth-order valence-electron chi connectivity index (χ4n) is 3.37. The molecule has 7 nitrogen and oxygen atoms in total. The number of carbonyl (C=O) groups excluding carboxylic acids is 2. The van der Waals surface area contributed by atoms with Crippen LogP contribution in [0, 0.1) is 0 Å². The van der Waals surface area contributed by atoms with Crippen LogP contribution < -0.4 is 9.62 Å². The Bertz CT molecular complexity index is 1000. The highest BCUT2D eigenvalue weighted by Crippen LogP contribution is 2.27. The minimum Gasteiger partial charge on any atom is -0.311 e. The molecule has 1 aliphatic heterocycles. The van der Waals surface area contributed by atoms with E-state index in [4.69, 9.17) is 0 Å². The van der Waals surface area contributed by atoms with Crippen LogP contribution in [0.3, 0.4) is 0 Å². The van der Waals surface area contributed by atoms with E-state index in [0.717, 1.165) is 18.4 Å². The number of hydrogen-bond acceptors (Lipinski definition) is 5. The Hall–Kier alpha value is -2.71. The van der Waals surface area contributed by atoms with Crippen molar-refractivity contribution in [2.45, 2.75) is 12.8 Å². The van der Waals surface area contributed by atoms with Crippen molar-refractivity contribution in [3.63, 3.8) is 0 Å². The van der Waals surface area contributed by atoms with E-state index in [-0.39, 0.29) is 18.2 Å². The zero-order valence-electron chi connectivity index (χ0n) is 16.6.